The van der Waals surface area contributed by atoms with Crippen LogP contribution >= 0.6 is 15.9 Å². The quantitative estimate of drug-likeness (QED) is 0.678. The molecule has 2 aromatic carbocycles. The van der Waals surface area contributed by atoms with Crippen molar-refractivity contribution in [2.45, 2.75) is 25.8 Å². The van der Waals surface area contributed by atoms with Crippen LogP contribution in [-0.4, -0.2) is 44.0 Å². The van der Waals surface area contributed by atoms with E-state index in [0.717, 1.165) is 34.0 Å². The molecular weight excluding hydrogens is 428 g/mol. The molecule has 3 rings (SSSR count). The minimum Gasteiger partial charge on any atom is -0.308 e. The molecule has 0 spiro atoms. The molecule has 1 amide bonds. The van der Waals surface area contributed by atoms with Crippen LogP contribution in [-0.2, 0) is 27.7 Å². The number of fused-ring (bicyclic) bond motifs is 1. The molecular formula is C20H23BrN2O3S. The van der Waals surface area contributed by atoms with Crippen molar-refractivity contribution in [3.05, 3.63) is 64.1 Å². The van der Waals surface area contributed by atoms with Crippen LogP contribution in [0, 0.1) is 0 Å². The molecule has 0 saturated carbocycles. The number of carbonyl (C=O) groups is 1. The lowest BCUT2D eigenvalue weighted by atomic mass is 10.1. The molecule has 0 saturated heterocycles. The zero-order valence-corrected chi connectivity index (χ0v) is 17.8. The largest absolute Gasteiger partial charge is 0.308 e. The molecule has 1 heterocycles. The Morgan fingerprint density at radius 3 is 2.59 bits per heavy atom. The summed E-state index contributed by atoms with van der Waals surface area (Å²) in [5, 5.41) is 0. The van der Waals surface area contributed by atoms with Gasteiger partial charge in [-0.15, -0.1) is 0 Å². The summed E-state index contributed by atoms with van der Waals surface area (Å²) in [7, 11) is -3.48. The van der Waals surface area contributed by atoms with Gasteiger partial charge in [-0.1, -0.05) is 46.3 Å². The highest BCUT2D eigenvalue weighted by atomic mass is 79.9. The van der Waals surface area contributed by atoms with E-state index in [2.05, 4.69) is 15.9 Å². The molecule has 144 valence electrons. The van der Waals surface area contributed by atoms with E-state index in [-0.39, 0.29) is 25.0 Å². The Morgan fingerprint density at radius 2 is 1.93 bits per heavy atom. The summed E-state index contributed by atoms with van der Waals surface area (Å²) in [5.74, 6) is -0.193. The third-order valence-electron chi connectivity index (χ3n) is 4.80. The fourth-order valence-electron chi connectivity index (χ4n) is 3.47. The van der Waals surface area contributed by atoms with Gasteiger partial charge in [0.15, 0.2) is 0 Å². The minimum atomic E-state index is -3.48. The number of hydrogen-bond donors (Lipinski definition) is 0. The van der Waals surface area contributed by atoms with Gasteiger partial charge in [-0.2, -0.15) is 4.31 Å². The summed E-state index contributed by atoms with van der Waals surface area (Å²) >= 11 is 3.46. The van der Waals surface area contributed by atoms with E-state index in [4.69, 9.17) is 0 Å². The first-order valence-corrected chi connectivity index (χ1v) is 11.5. The second-order valence-electron chi connectivity index (χ2n) is 6.92. The van der Waals surface area contributed by atoms with Gasteiger partial charge in [0.1, 0.15) is 0 Å². The van der Waals surface area contributed by atoms with Gasteiger partial charge in [0, 0.05) is 22.7 Å². The molecule has 1 aliphatic heterocycles. The van der Waals surface area contributed by atoms with Crippen molar-refractivity contribution in [1.82, 2.24) is 4.31 Å². The Bertz CT molecular complexity index is 931. The Morgan fingerprint density at radius 1 is 1.22 bits per heavy atom. The third-order valence-corrected chi connectivity index (χ3v) is 6.54. The maximum atomic E-state index is 13.0. The zero-order valence-electron chi connectivity index (χ0n) is 15.4. The van der Waals surface area contributed by atoms with Crippen molar-refractivity contribution in [3.63, 3.8) is 0 Å². The number of hydrogen-bond acceptors (Lipinski definition) is 3. The van der Waals surface area contributed by atoms with Gasteiger partial charge in [0.05, 0.1) is 12.8 Å². The molecule has 7 heteroatoms. The topological polar surface area (TPSA) is 57.7 Å². The summed E-state index contributed by atoms with van der Waals surface area (Å²) in [4.78, 5) is 14.7. The number of sulfonamides is 1. The molecule has 0 unspecified atom stereocenters. The molecule has 5 nitrogen and oxygen atoms in total. The molecule has 1 atom stereocenters. The maximum absolute atomic E-state index is 13.0. The first kappa shape index (κ1) is 20.0. The van der Waals surface area contributed by atoms with Crippen molar-refractivity contribution in [3.8, 4) is 0 Å². The second-order valence-corrected chi connectivity index (χ2v) is 9.82. The van der Waals surface area contributed by atoms with Crippen LogP contribution in [0.25, 0.3) is 0 Å². The number of benzene rings is 2. The zero-order chi connectivity index (χ0) is 19.6. The van der Waals surface area contributed by atoms with E-state index in [1.165, 1.54) is 4.31 Å². The summed E-state index contributed by atoms with van der Waals surface area (Å²) in [6.45, 7) is 2.12. The lowest BCUT2D eigenvalue weighted by Gasteiger charge is -2.26. The highest BCUT2D eigenvalue weighted by Crippen LogP contribution is 2.34. The fourth-order valence-corrected chi connectivity index (χ4v) is 4.64. The Hall–Kier alpha value is -1.70. The molecule has 0 radical (unpaired) electrons. The average molecular weight is 451 g/mol. The van der Waals surface area contributed by atoms with E-state index in [1.54, 1.807) is 4.90 Å². The van der Waals surface area contributed by atoms with E-state index in [0.29, 0.717) is 6.42 Å². The predicted molar refractivity (Wildman–Crippen MR) is 111 cm³/mol. The molecule has 0 bridgehead atoms. The SMILES string of the molecule is C[C@H]1Cc2cc(Br)ccc2N1C(=O)CN(CCc1ccccc1)S(C)(=O)=O. The highest BCUT2D eigenvalue weighted by molar-refractivity contribution is 9.10. The van der Waals surface area contributed by atoms with Gasteiger partial charge in [-0.25, -0.2) is 8.42 Å². The number of rotatable bonds is 6. The highest BCUT2D eigenvalue weighted by Gasteiger charge is 2.33. The smallest absolute Gasteiger partial charge is 0.242 e. The Labute approximate surface area is 169 Å². The van der Waals surface area contributed by atoms with Crippen molar-refractivity contribution in [2.75, 3.05) is 24.2 Å². The van der Waals surface area contributed by atoms with Gasteiger partial charge < -0.3 is 4.90 Å². The summed E-state index contributed by atoms with van der Waals surface area (Å²) in [5.41, 5.74) is 3.01. The number of amides is 1. The third kappa shape index (κ3) is 4.78. The predicted octanol–water partition coefficient (Wildman–Crippen LogP) is 3.23. The molecule has 27 heavy (non-hydrogen) atoms. The molecule has 0 aliphatic carbocycles. The first-order valence-electron chi connectivity index (χ1n) is 8.85. The molecule has 0 N–H and O–H groups in total. The fraction of sp³-hybridized carbons (Fsp3) is 0.350. The average Bonchev–Trinajstić information content (AvgIpc) is 2.93. The second kappa shape index (κ2) is 8.12. The number of nitrogens with zero attached hydrogens (tertiary/aromatic N) is 2. The van der Waals surface area contributed by atoms with Gasteiger partial charge in [0.25, 0.3) is 0 Å². The van der Waals surface area contributed by atoms with Crippen LogP contribution in [0.3, 0.4) is 0 Å². The van der Waals surface area contributed by atoms with Crippen molar-refractivity contribution in [1.29, 1.82) is 0 Å². The van der Waals surface area contributed by atoms with Crippen LogP contribution in [0.5, 0.6) is 0 Å². The van der Waals surface area contributed by atoms with Gasteiger partial charge in [-0.05, 0) is 49.1 Å². The minimum absolute atomic E-state index is 0.0114. The van der Waals surface area contributed by atoms with Gasteiger partial charge in [-0.3, -0.25) is 4.79 Å². The van der Waals surface area contributed by atoms with Crippen LogP contribution in [0.4, 0.5) is 5.69 Å². The standard InChI is InChI=1S/C20H23BrN2O3S/c1-15-12-17-13-18(21)8-9-19(17)23(15)20(24)14-22(27(2,25)26)11-10-16-6-4-3-5-7-16/h3-9,13,15H,10-12,14H2,1-2H3/t15-/m0/s1. The van der Waals surface area contributed by atoms with Crippen LogP contribution in [0.15, 0.2) is 53.0 Å². The van der Waals surface area contributed by atoms with Gasteiger partial charge >= 0.3 is 0 Å². The number of anilines is 1. The summed E-state index contributed by atoms with van der Waals surface area (Å²) in [6, 6.07) is 15.5. The van der Waals surface area contributed by atoms with E-state index in [9.17, 15) is 13.2 Å². The summed E-state index contributed by atoms with van der Waals surface area (Å²) in [6.07, 6.45) is 2.49. The van der Waals surface area contributed by atoms with Crippen LogP contribution in [0.2, 0.25) is 0 Å². The first-order chi connectivity index (χ1) is 12.8. The number of carbonyl (C=O) groups excluding carboxylic acids is 1. The molecule has 1 aliphatic rings. The summed E-state index contributed by atoms with van der Waals surface area (Å²) < 4.78 is 26.7. The van der Waals surface area contributed by atoms with E-state index in [1.807, 2.05) is 55.5 Å². The van der Waals surface area contributed by atoms with Crippen molar-refractivity contribution < 1.29 is 13.2 Å². The normalized spacial score (nSPS) is 16.6. The molecule has 2 aromatic rings. The lowest BCUT2D eigenvalue weighted by molar-refractivity contribution is -0.119. The number of halogens is 1. The Kier molecular flexibility index (Phi) is 6.03. The van der Waals surface area contributed by atoms with Crippen molar-refractivity contribution in [2.24, 2.45) is 0 Å². The van der Waals surface area contributed by atoms with E-state index >= 15 is 0 Å². The van der Waals surface area contributed by atoms with Crippen molar-refractivity contribution >= 4 is 37.5 Å². The molecule has 0 aromatic heterocycles. The molecule has 0 fully saturated rings. The maximum Gasteiger partial charge on any atom is 0.242 e. The van der Waals surface area contributed by atoms with Gasteiger partial charge in [0.2, 0.25) is 15.9 Å². The monoisotopic (exact) mass is 450 g/mol. The lowest BCUT2D eigenvalue weighted by Crippen LogP contribution is -2.45. The van der Waals surface area contributed by atoms with E-state index < -0.39 is 10.0 Å². The van der Waals surface area contributed by atoms with Crippen LogP contribution < -0.4 is 4.90 Å². The van der Waals surface area contributed by atoms with Crippen LogP contribution in [0.1, 0.15) is 18.1 Å². The Balaban J connectivity index is 1.75.